The Balaban J connectivity index is 1.42. The molecule has 3 heterocycles. The number of hydrogen-bond donors (Lipinski definition) is 2. The molecular weight excluding hydrogens is 397 g/mol. The van der Waals surface area contributed by atoms with Crippen LogP contribution in [0.4, 0.5) is 10.2 Å². The fourth-order valence-electron chi connectivity index (χ4n) is 3.45. The van der Waals surface area contributed by atoms with E-state index in [2.05, 4.69) is 32.1 Å². The van der Waals surface area contributed by atoms with Crippen molar-refractivity contribution in [1.29, 1.82) is 0 Å². The lowest BCUT2D eigenvalue weighted by molar-refractivity contribution is -0.125. The Morgan fingerprint density at radius 1 is 1.42 bits per heavy atom. The molecule has 0 aliphatic carbocycles. The minimum Gasteiger partial charge on any atom is -0.478 e. The summed E-state index contributed by atoms with van der Waals surface area (Å²) in [5, 5.41) is 4.23. The Hall–Kier alpha value is -3.86. The third kappa shape index (κ3) is 4.83. The molecule has 4 rings (SSSR count). The number of allylic oxidation sites excluding steroid dienone is 1. The average Bonchev–Trinajstić information content (AvgIpc) is 3.40. The van der Waals surface area contributed by atoms with Crippen LogP contribution >= 0.6 is 0 Å². The van der Waals surface area contributed by atoms with Gasteiger partial charge < -0.3 is 19.9 Å². The van der Waals surface area contributed by atoms with Crippen LogP contribution in [0.1, 0.15) is 19.0 Å². The highest BCUT2D eigenvalue weighted by Crippen LogP contribution is 2.23. The minimum atomic E-state index is -0.418. The van der Waals surface area contributed by atoms with Crippen LogP contribution in [-0.4, -0.2) is 51.5 Å². The van der Waals surface area contributed by atoms with E-state index in [0.29, 0.717) is 30.2 Å². The van der Waals surface area contributed by atoms with Crippen molar-refractivity contribution in [3.05, 3.63) is 60.3 Å². The molecule has 158 valence electrons. The number of aromatic amines is 1. The lowest BCUT2D eigenvalue weighted by Gasteiger charge is -2.16. The summed E-state index contributed by atoms with van der Waals surface area (Å²) in [6.07, 6.45) is 5.66. The Morgan fingerprint density at radius 2 is 2.29 bits per heavy atom. The summed E-state index contributed by atoms with van der Waals surface area (Å²) in [4.78, 5) is 25.6. The number of rotatable bonds is 5. The standard InChI is InChI=1S/C23H22FN5O2/c1-2-6-21(30)29-11-10-17(14-29)28-23-18-13-16(27-22(18)25-15-26-23)7-5-12-31-20-9-4-3-8-19(20)24/h2-4,6,8-9,13,15,17H,10-12,14H2,1H3,(H2,25,26,27,28)/b6-2+. The van der Waals surface area contributed by atoms with Gasteiger partial charge in [-0.05, 0) is 43.5 Å². The summed E-state index contributed by atoms with van der Waals surface area (Å²) >= 11 is 0. The predicted molar refractivity (Wildman–Crippen MR) is 116 cm³/mol. The second kappa shape index (κ2) is 9.30. The van der Waals surface area contributed by atoms with Gasteiger partial charge in [-0.1, -0.05) is 24.1 Å². The van der Waals surface area contributed by atoms with Crippen molar-refractivity contribution in [2.45, 2.75) is 19.4 Å². The summed E-state index contributed by atoms with van der Waals surface area (Å²) < 4.78 is 18.9. The highest BCUT2D eigenvalue weighted by atomic mass is 19.1. The van der Waals surface area contributed by atoms with Gasteiger partial charge in [0.2, 0.25) is 5.91 Å². The van der Waals surface area contributed by atoms with Crippen LogP contribution in [0.2, 0.25) is 0 Å². The number of hydrogen-bond acceptors (Lipinski definition) is 5. The van der Waals surface area contributed by atoms with Crippen molar-refractivity contribution in [2.75, 3.05) is 25.0 Å². The quantitative estimate of drug-likeness (QED) is 0.491. The van der Waals surface area contributed by atoms with Crippen molar-refractivity contribution >= 4 is 22.8 Å². The van der Waals surface area contributed by atoms with Gasteiger partial charge in [-0.3, -0.25) is 4.79 Å². The topological polar surface area (TPSA) is 83.1 Å². The molecule has 1 saturated heterocycles. The number of nitrogens with zero attached hydrogens (tertiary/aromatic N) is 3. The molecule has 8 heteroatoms. The summed E-state index contributed by atoms with van der Waals surface area (Å²) in [6, 6.07) is 8.19. The monoisotopic (exact) mass is 419 g/mol. The molecule has 0 bridgehead atoms. The average molecular weight is 419 g/mol. The number of fused-ring (bicyclic) bond motifs is 1. The zero-order valence-electron chi connectivity index (χ0n) is 17.1. The van der Waals surface area contributed by atoms with E-state index >= 15 is 0 Å². The predicted octanol–water partition coefficient (Wildman–Crippen LogP) is 3.12. The molecule has 1 amide bonds. The Morgan fingerprint density at radius 3 is 3.13 bits per heavy atom. The molecule has 1 fully saturated rings. The lowest BCUT2D eigenvalue weighted by Crippen LogP contribution is -2.30. The highest BCUT2D eigenvalue weighted by Gasteiger charge is 2.25. The van der Waals surface area contributed by atoms with E-state index in [1.165, 1.54) is 12.4 Å². The molecule has 0 radical (unpaired) electrons. The summed E-state index contributed by atoms with van der Waals surface area (Å²) in [7, 11) is 0. The van der Waals surface area contributed by atoms with Crippen LogP contribution in [0, 0.1) is 17.7 Å². The van der Waals surface area contributed by atoms with Gasteiger partial charge in [0.1, 0.15) is 24.4 Å². The smallest absolute Gasteiger partial charge is 0.246 e. The number of likely N-dealkylation sites (tertiary alicyclic amines) is 1. The molecule has 1 aliphatic rings. The van der Waals surface area contributed by atoms with Gasteiger partial charge >= 0.3 is 0 Å². The van der Waals surface area contributed by atoms with Crippen LogP contribution in [0.5, 0.6) is 5.75 Å². The number of carbonyl (C=O) groups excluding carboxylic acids is 1. The van der Waals surface area contributed by atoms with Crippen molar-refractivity contribution in [2.24, 2.45) is 0 Å². The van der Waals surface area contributed by atoms with E-state index in [1.807, 2.05) is 17.9 Å². The number of benzene rings is 1. The fourth-order valence-corrected chi connectivity index (χ4v) is 3.45. The van der Waals surface area contributed by atoms with E-state index in [-0.39, 0.29) is 24.3 Å². The number of ether oxygens (including phenoxy) is 1. The van der Waals surface area contributed by atoms with E-state index in [0.717, 1.165) is 11.8 Å². The van der Waals surface area contributed by atoms with Crippen LogP contribution < -0.4 is 10.1 Å². The normalized spacial score (nSPS) is 15.8. The van der Waals surface area contributed by atoms with E-state index in [9.17, 15) is 9.18 Å². The maximum Gasteiger partial charge on any atom is 0.246 e. The second-order valence-corrected chi connectivity index (χ2v) is 7.10. The first-order valence-electron chi connectivity index (χ1n) is 10.0. The Labute approximate surface area is 179 Å². The van der Waals surface area contributed by atoms with E-state index in [1.54, 1.807) is 30.4 Å². The third-order valence-electron chi connectivity index (χ3n) is 4.94. The molecule has 3 aromatic rings. The summed E-state index contributed by atoms with van der Waals surface area (Å²) in [5.74, 6) is 6.32. The number of H-pyrrole nitrogens is 1. The van der Waals surface area contributed by atoms with E-state index < -0.39 is 5.82 Å². The molecular formula is C23H22FN5O2. The summed E-state index contributed by atoms with van der Waals surface area (Å²) in [5.41, 5.74) is 1.32. The van der Waals surface area contributed by atoms with Crippen molar-refractivity contribution in [1.82, 2.24) is 19.9 Å². The molecule has 0 saturated carbocycles. The largest absolute Gasteiger partial charge is 0.478 e. The van der Waals surface area contributed by atoms with Crippen molar-refractivity contribution < 1.29 is 13.9 Å². The van der Waals surface area contributed by atoms with Crippen molar-refractivity contribution in [3.8, 4) is 17.6 Å². The van der Waals surface area contributed by atoms with Crippen LogP contribution in [-0.2, 0) is 4.79 Å². The Bertz CT molecular complexity index is 1180. The van der Waals surface area contributed by atoms with Gasteiger partial charge in [0.25, 0.3) is 0 Å². The first-order chi connectivity index (χ1) is 15.1. The number of aromatic nitrogens is 3. The number of anilines is 1. The maximum atomic E-state index is 13.6. The van der Waals surface area contributed by atoms with Gasteiger partial charge in [-0.2, -0.15) is 0 Å². The molecule has 1 aromatic carbocycles. The first-order valence-corrected chi connectivity index (χ1v) is 10.0. The minimum absolute atomic E-state index is 0.0245. The molecule has 1 aliphatic heterocycles. The van der Waals surface area contributed by atoms with Gasteiger partial charge in [-0.15, -0.1) is 0 Å². The molecule has 31 heavy (non-hydrogen) atoms. The number of carbonyl (C=O) groups is 1. The van der Waals surface area contributed by atoms with Gasteiger partial charge in [0.05, 0.1) is 11.1 Å². The van der Waals surface area contributed by atoms with Crippen LogP contribution in [0.3, 0.4) is 0 Å². The third-order valence-corrected chi connectivity index (χ3v) is 4.94. The molecule has 7 nitrogen and oxygen atoms in total. The molecule has 0 spiro atoms. The maximum absolute atomic E-state index is 13.6. The van der Waals surface area contributed by atoms with Crippen molar-refractivity contribution in [3.63, 3.8) is 0 Å². The number of amides is 1. The zero-order valence-corrected chi connectivity index (χ0v) is 17.1. The SMILES string of the molecule is C/C=C/C(=O)N1CCC(Nc2ncnc3[nH]c(C#CCOc4ccccc4F)cc23)C1. The molecule has 1 atom stereocenters. The Kier molecular flexibility index (Phi) is 6.13. The number of nitrogens with one attached hydrogen (secondary N) is 2. The number of para-hydroxylation sites is 1. The highest BCUT2D eigenvalue weighted by molar-refractivity contribution is 5.89. The molecule has 1 unspecified atom stereocenters. The van der Waals surface area contributed by atoms with Crippen LogP contribution in [0.15, 0.2) is 48.8 Å². The fraction of sp³-hybridized carbons (Fsp3) is 0.261. The lowest BCUT2D eigenvalue weighted by atomic mass is 10.2. The second-order valence-electron chi connectivity index (χ2n) is 7.10. The van der Waals surface area contributed by atoms with E-state index in [4.69, 9.17) is 4.74 Å². The zero-order chi connectivity index (χ0) is 21.6. The van der Waals surface area contributed by atoms with Gasteiger partial charge in [0.15, 0.2) is 11.6 Å². The number of halogens is 1. The summed E-state index contributed by atoms with van der Waals surface area (Å²) in [6.45, 7) is 3.23. The van der Waals surface area contributed by atoms with Crippen LogP contribution in [0.25, 0.3) is 11.0 Å². The van der Waals surface area contributed by atoms with Gasteiger partial charge in [-0.25, -0.2) is 14.4 Å². The first kappa shape index (κ1) is 20.4. The molecule has 2 N–H and O–H groups in total. The molecule has 2 aromatic heterocycles. The van der Waals surface area contributed by atoms with Gasteiger partial charge in [0, 0.05) is 19.1 Å².